The van der Waals surface area contributed by atoms with Crippen molar-refractivity contribution in [3.63, 3.8) is 0 Å². The molecular formula is C7H6F5NO. The van der Waals surface area contributed by atoms with Gasteiger partial charge in [-0.15, -0.1) is 0 Å². The van der Waals surface area contributed by atoms with Crippen molar-refractivity contribution in [3.05, 3.63) is 24.2 Å². The minimum absolute atomic E-state index is 0.604. The van der Waals surface area contributed by atoms with E-state index in [9.17, 15) is 22.0 Å². The fourth-order valence-corrected chi connectivity index (χ4v) is 0.823. The summed E-state index contributed by atoms with van der Waals surface area (Å²) in [5.74, 6) is -5.60. The van der Waals surface area contributed by atoms with Gasteiger partial charge in [0.25, 0.3) is 0 Å². The minimum atomic E-state index is -5.68. The van der Waals surface area contributed by atoms with Crippen molar-refractivity contribution in [3.8, 4) is 0 Å². The van der Waals surface area contributed by atoms with E-state index >= 15 is 0 Å². The lowest BCUT2D eigenvalue weighted by atomic mass is 10.1. The second kappa shape index (κ2) is 3.23. The molecule has 14 heavy (non-hydrogen) atoms. The van der Waals surface area contributed by atoms with Gasteiger partial charge >= 0.3 is 12.1 Å². The Morgan fingerprint density at radius 1 is 1.21 bits per heavy atom. The standard InChI is InChI=1S/C7H6F5NO/c8-6(9,7(10,11)12)5(13)4-2-1-3-14-4/h1-3,5H,13H2/t5-/m0/s1. The highest BCUT2D eigenvalue weighted by molar-refractivity contribution is 5.09. The topological polar surface area (TPSA) is 39.2 Å². The van der Waals surface area contributed by atoms with E-state index in [4.69, 9.17) is 5.73 Å². The molecule has 0 aliphatic rings. The highest BCUT2D eigenvalue weighted by Crippen LogP contribution is 2.43. The quantitative estimate of drug-likeness (QED) is 0.769. The van der Waals surface area contributed by atoms with Crippen LogP contribution in [0.5, 0.6) is 0 Å². The van der Waals surface area contributed by atoms with Crippen LogP contribution in [0.4, 0.5) is 22.0 Å². The second-order valence-electron chi connectivity index (χ2n) is 2.61. The van der Waals surface area contributed by atoms with E-state index in [0.717, 1.165) is 12.3 Å². The first-order valence-electron chi connectivity index (χ1n) is 3.50. The lowest BCUT2D eigenvalue weighted by Crippen LogP contribution is -2.45. The molecule has 1 aromatic heterocycles. The highest BCUT2D eigenvalue weighted by Gasteiger charge is 2.62. The maximum Gasteiger partial charge on any atom is 0.455 e. The smallest absolute Gasteiger partial charge is 0.455 e. The second-order valence-corrected chi connectivity index (χ2v) is 2.61. The number of hydrogen-bond donors (Lipinski definition) is 1. The number of hydrogen-bond acceptors (Lipinski definition) is 2. The SMILES string of the molecule is N[C@@H](c1ccco1)C(F)(F)C(F)(F)F. The van der Waals surface area contributed by atoms with E-state index in [1.807, 2.05) is 0 Å². The van der Waals surface area contributed by atoms with Crippen LogP contribution in [-0.4, -0.2) is 12.1 Å². The van der Waals surface area contributed by atoms with E-state index in [1.165, 1.54) is 6.07 Å². The molecule has 7 heteroatoms. The van der Waals surface area contributed by atoms with Crippen LogP contribution in [0.2, 0.25) is 0 Å². The zero-order valence-corrected chi connectivity index (χ0v) is 6.68. The lowest BCUT2D eigenvalue weighted by molar-refractivity contribution is -0.292. The molecule has 0 aromatic carbocycles. The van der Waals surface area contributed by atoms with Crippen LogP contribution in [0.1, 0.15) is 11.8 Å². The third-order valence-corrected chi connectivity index (χ3v) is 1.62. The van der Waals surface area contributed by atoms with E-state index in [0.29, 0.717) is 0 Å². The number of nitrogens with two attached hydrogens (primary N) is 1. The molecule has 0 aliphatic heterocycles. The van der Waals surface area contributed by atoms with Gasteiger partial charge in [-0.2, -0.15) is 22.0 Å². The van der Waals surface area contributed by atoms with Crippen molar-refractivity contribution in [2.45, 2.75) is 18.1 Å². The van der Waals surface area contributed by atoms with Gasteiger partial charge in [-0.05, 0) is 12.1 Å². The first-order valence-corrected chi connectivity index (χ1v) is 3.50. The zero-order valence-electron chi connectivity index (χ0n) is 6.68. The third-order valence-electron chi connectivity index (χ3n) is 1.62. The molecule has 2 N–H and O–H groups in total. The highest BCUT2D eigenvalue weighted by atomic mass is 19.4. The molecule has 0 bridgehead atoms. The number of alkyl halides is 5. The monoisotopic (exact) mass is 215 g/mol. The molecule has 0 saturated carbocycles. The number of furan rings is 1. The van der Waals surface area contributed by atoms with Crippen molar-refractivity contribution < 1.29 is 26.4 Å². The Morgan fingerprint density at radius 2 is 1.79 bits per heavy atom. The molecule has 2 nitrogen and oxygen atoms in total. The molecule has 0 unspecified atom stereocenters. The first kappa shape index (κ1) is 11.0. The summed E-state index contributed by atoms with van der Waals surface area (Å²) in [6.07, 6.45) is -4.71. The summed E-state index contributed by atoms with van der Waals surface area (Å²) in [7, 11) is 0. The Hall–Kier alpha value is -1.11. The molecule has 0 amide bonds. The van der Waals surface area contributed by atoms with Crippen molar-refractivity contribution >= 4 is 0 Å². The number of halogens is 5. The van der Waals surface area contributed by atoms with Gasteiger partial charge in [0.05, 0.1) is 6.26 Å². The van der Waals surface area contributed by atoms with E-state index in [2.05, 4.69) is 4.42 Å². The Kier molecular flexibility index (Phi) is 2.53. The molecule has 0 spiro atoms. The van der Waals surface area contributed by atoms with Crippen molar-refractivity contribution in [2.24, 2.45) is 5.73 Å². The summed E-state index contributed by atoms with van der Waals surface area (Å²) < 4.78 is 64.9. The van der Waals surface area contributed by atoms with E-state index in [-0.39, 0.29) is 0 Å². The molecule has 80 valence electrons. The van der Waals surface area contributed by atoms with Gasteiger partial charge in [0.2, 0.25) is 0 Å². The molecule has 0 radical (unpaired) electrons. The summed E-state index contributed by atoms with van der Waals surface area (Å²) in [4.78, 5) is 0. The van der Waals surface area contributed by atoms with Crippen LogP contribution in [0.15, 0.2) is 22.8 Å². The fourth-order valence-electron chi connectivity index (χ4n) is 0.823. The van der Waals surface area contributed by atoms with Crippen molar-refractivity contribution in [1.82, 2.24) is 0 Å². The maximum atomic E-state index is 12.6. The molecule has 0 fully saturated rings. The summed E-state index contributed by atoms with van der Waals surface area (Å²) in [6.45, 7) is 0. The normalized spacial score (nSPS) is 15.6. The maximum absolute atomic E-state index is 12.6. The Bertz CT molecular complexity index is 292. The molecule has 1 heterocycles. The van der Waals surface area contributed by atoms with Crippen LogP contribution >= 0.6 is 0 Å². The predicted octanol–water partition coefficient (Wildman–Crippen LogP) is 2.48. The van der Waals surface area contributed by atoms with E-state index in [1.54, 1.807) is 0 Å². The Labute approximate surface area is 75.5 Å². The molecular weight excluding hydrogens is 209 g/mol. The number of rotatable bonds is 2. The van der Waals surface area contributed by atoms with Gasteiger partial charge in [0, 0.05) is 0 Å². The molecule has 1 atom stereocenters. The van der Waals surface area contributed by atoms with Crippen molar-refractivity contribution in [2.75, 3.05) is 0 Å². The minimum Gasteiger partial charge on any atom is -0.467 e. The van der Waals surface area contributed by atoms with Gasteiger partial charge in [-0.25, -0.2) is 0 Å². The Morgan fingerprint density at radius 3 is 2.14 bits per heavy atom. The summed E-state index contributed by atoms with van der Waals surface area (Å²) in [5.41, 5.74) is 4.74. The Balaban J connectivity index is 2.94. The largest absolute Gasteiger partial charge is 0.467 e. The van der Waals surface area contributed by atoms with Gasteiger partial charge in [-0.1, -0.05) is 0 Å². The summed E-state index contributed by atoms with van der Waals surface area (Å²) in [6, 6.07) is -0.371. The fraction of sp³-hybridized carbons (Fsp3) is 0.429. The molecule has 1 aromatic rings. The molecule has 0 saturated heterocycles. The summed E-state index contributed by atoms with van der Waals surface area (Å²) in [5, 5.41) is 0. The van der Waals surface area contributed by atoms with Crippen LogP contribution < -0.4 is 5.73 Å². The molecule has 0 aliphatic carbocycles. The lowest BCUT2D eigenvalue weighted by Gasteiger charge is -2.23. The van der Waals surface area contributed by atoms with Crippen molar-refractivity contribution in [1.29, 1.82) is 0 Å². The van der Waals surface area contributed by atoms with Gasteiger partial charge in [0.1, 0.15) is 11.8 Å². The van der Waals surface area contributed by atoms with Crippen LogP contribution in [0.25, 0.3) is 0 Å². The average molecular weight is 215 g/mol. The van der Waals surface area contributed by atoms with Gasteiger partial charge in [0.15, 0.2) is 0 Å². The third kappa shape index (κ3) is 1.72. The van der Waals surface area contributed by atoms with Crippen LogP contribution in [-0.2, 0) is 0 Å². The van der Waals surface area contributed by atoms with Crippen LogP contribution in [0, 0.1) is 0 Å². The zero-order chi connectivity index (χ0) is 11.0. The first-order chi connectivity index (χ1) is 6.27. The molecule has 1 rings (SSSR count). The van der Waals surface area contributed by atoms with Crippen LogP contribution in [0.3, 0.4) is 0 Å². The predicted molar refractivity (Wildman–Crippen MR) is 36.6 cm³/mol. The average Bonchev–Trinajstić information content (AvgIpc) is 2.52. The van der Waals surface area contributed by atoms with Gasteiger partial charge < -0.3 is 10.2 Å². The summed E-state index contributed by atoms with van der Waals surface area (Å²) >= 11 is 0. The van der Waals surface area contributed by atoms with Gasteiger partial charge in [-0.3, -0.25) is 0 Å². The van der Waals surface area contributed by atoms with E-state index < -0.39 is 23.9 Å².